The molecule has 0 aromatic heterocycles. The molecule has 0 rings (SSSR count). The van der Waals surface area contributed by atoms with Crippen LogP contribution in [-0.4, -0.2) is 20.7 Å². The van der Waals surface area contributed by atoms with Gasteiger partial charge in [0, 0.05) is 0 Å². The van der Waals surface area contributed by atoms with Crippen molar-refractivity contribution in [1.82, 2.24) is 0 Å². The fourth-order valence-corrected chi connectivity index (χ4v) is 0. The summed E-state index contributed by atoms with van der Waals surface area (Å²) in [5.41, 5.74) is 0.565. The fourth-order valence-electron chi connectivity index (χ4n) is 0. The first-order valence-corrected chi connectivity index (χ1v) is 2.37. The molecule has 0 aliphatic heterocycles. The molecule has 0 saturated heterocycles. The molecule has 0 unspecified atom stereocenters. The van der Waals surface area contributed by atoms with Crippen LogP contribution < -0.4 is 0 Å². The van der Waals surface area contributed by atoms with Crippen LogP contribution in [0.25, 0.3) is 0 Å². The first-order chi connectivity index (χ1) is 2.64. The molecule has 6 heavy (non-hydrogen) atoms. The van der Waals surface area contributed by atoms with Crippen molar-refractivity contribution in [3.8, 4) is 0 Å². The molecule has 33 valence electrons. The Kier molecular flexibility index (Phi) is 2.14. The predicted molar refractivity (Wildman–Crippen MR) is 25.6 cm³/mol. The van der Waals surface area contributed by atoms with Gasteiger partial charge in [-0.2, -0.15) is 0 Å². The number of carbonyl (C=O) groups excluding carboxylic acids is 1. The standard InChI is InChI=1S/C4H5OSe/c1-3(2)4(5)6/h1H2,2H3. The molecule has 2 heteroatoms. The van der Waals surface area contributed by atoms with Crippen LogP contribution in [0.2, 0.25) is 0 Å². The normalized spacial score (nSPS) is 7.50. The van der Waals surface area contributed by atoms with Gasteiger partial charge in [0.1, 0.15) is 0 Å². The summed E-state index contributed by atoms with van der Waals surface area (Å²) in [4.78, 5) is 9.99. The van der Waals surface area contributed by atoms with Gasteiger partial charge in [0.05, 0.1) is 0 Å². The van der Waals surface area contributed by atoms with E-state index >= 15 is 0 Å². The molecule has 0 spiro atoms. The topological polar surface area (TPSA) is 17.1 Å². The molecule has 0 N–H and O–H groups in total. The Labute approximate surface area is 45.2 Å². The maximum atomic E-state index is 9.99. The summed E-state index contributed by atoms with van der Waals surface area (Å²) in [6.07, 6.45) is 0. The van der Waals surface area contributed by atoms with Crippen molar-refractivity contribution in [3.63, 3.8) is 0 Å². The first kappa shape index (κ1) is 5.93. The van der Waals surface area contributed by atoms with Crippen molar-refractivity contribution in [2.24, 2.45) is 0 Å². The van der Waals surface area contributed by atoms with Gasteiger partial charge in [0.15, 0.2) is 0 Å². The van der Waals surface area contributed by atoms with Crippen LogP contribution in [-0.2, 0) is 4.79 Å². The quantitative estimate of drug-likeness (QED) is 0.385. The summed E-state index contributed by atoms with van der Waals surface area (Å²) >= 11 is 2.30. The van der Waals surface area contributed by atoms with Crippen molar-refractivity contribution in [1.29, 1.82) is 0 Å². The molecular weight excluding hydrogens is 143 g/mol. The minimum atomic E-state index is -0.0602. The second-order valence-corrected chi connectivity index (χ2v) is 1.85. The number of rotatable bonds is 1. The summed E-state index contributed by atoms with van der Waals surface area (Å²) in [6, 6.07) is 0. The molecule has 1 radical (unpaired) electrons. The van der Waals surface area contributed by atoms with Crippen LogP contribution in [0.15, 0.2) is 12.2 Å². The fraction of sp³-hybridized carbons (Fsp3) is 0.250. The summed E-state index contributed by atoms with van der Waals surface area (Å²) in [5, 5.41) is 0. The molecule has 0 heterocycles. The zero-order valence-electron chi connectivity index (χ0n) is 3.52. The van der Waals surface area contributed by atoms with E-state index in [9.17, 15) is 4.79 Å². The third kappa shape index (κ3) is 2.18. The van der Waals surface area contributed by atoms with Crippen molar-refractivity contribution in [2.45, 2.75) is 6.92 Å². The summed E-state index contributed by atoms with van der Waals surface area (Å²) < 4.78 is -0.0602. The van der Waals surface area contributed by atoms with Crippen molar-refractivity contribution in [3.05, 3.63) is 12.2 Å². The molecule has 0 aromatic rings. The zero-order chi connectivity index (χ0) is 5.15. The van der Waals surface area contributed by atoms with Crippen molar-refractivity contribution in [2.75, 3.05) is 0 Å². The van der Waals surface area contributed by atoms with Gasteiger partial charge in [-0.1, -0.05) is 0 Å². The first-order valence-electron chi connectivity index (χ1n) is 1.51. The Morgan fingerprint density at radius 1 is 1.83 bits per heavy atom. The molecule has 0 amide bonds. The van der Waals surface area contributed by atoms with Crippen molar-refractivity contribution < 1.29 is 4.79 Å². The average Bonchev–Trinajstić information content (AvgIpc) is 1.36. The SMILES string of the molecule is C=C(C)C(=O)[Se]. The van der Waals surface area contributed by atoms with Crippen LogP contribution in [0, 0.1) is 0 Å². The molecular formula is C4H5OSe. The van der Waals surface area contributed by atoms with Crippen molar-refractivity contribution >= 4 is 20.7 Å². The second-order valence-electron chi connectivity index (χ2n) is 1.07. The minimum absolute atomic E-state index is 0.0602. The van der Waals surface area contributed by atoms with Crippen LogP contribution in [0.3, 0.4) is 0 Å². The van der Waals surface area contributed by atoms with E-state index in [0.717, 1.165) is 0 Å². The summed E-state index contributed by atoms with van der Waals surface area (Å²) in [7, 11) is 0. The van der Waals surface area contributed by atoms with E-state index in [1.165, 1.54) is 0 Å². The molecule has 0 aliphatic rings. The Bertz CT molecular complexity index is 73.5. The van der Waals surface area contributed by atoms with Crippen LogP contribution in [0.1, 0.15) is 6.92 Å². The molecule has 0 fully saturated rings. The summed E-state index contributed by atoms with van der Waals surface area (Å²) in [6.45, 7) is 5.04. The summed E-state index contributed by atoms with van der Waals surface area (Å²) in [5.74, 6) is 0. The van der Waals surface area contributed by atoms with Gasteiger partial charge >= 0.3 is 44.6 Å². The Morgan fingerprint density at radius 2 is 2.00 bits per heavy atom. The van der Waals surface area contributed by atoms with Crippen LogP contribution in [0.4, 0.5) is 0 Å². The number of allylic oxidation sites excluding steroid dienone is 1. The van der Waals surface area contributed by atoms with Gasteiger partial charge < -0.3 is 0 Å². The molecule has 0 aliphatic carbocycles. The van der Waals surface area contributed by atoms with E-state index in [2.05, 4.69) is 22.6 Å². The van der Waals surface area contributed by atoms with E-state index in [-0.39, 0.29) is 4.68 Å². The monoisotopic (exact) mass is 149 g/mol. The molecule has 1 nitrogen and oxygen atoms in total. The third-order valence-corrected chi connectivity index (χ3v) is 1.08. The van der Waals surface area contributed by atoms with Crippen LogP contribution in [0.5, 0.6) is 0 Å². The van der Waals surface area contributed by atoms with E-state index in [1.54, 1.807) is 6.92 Å². The van der Waals surface area contributed by atoms with Crippen LogP contribution >= 0.6 is 0 Å². The molecule has 0 bridgehead atoms. The van der Waals surface area contributed by atoms with E-state index in [1.807, 2.05) is 0 Å². The number of carbonyl (C=O) groups is 1. The van der Waals surface area contributed by atoms with E-state index in [0.29, 0.717) is 5.57 Å². The second kappa shape index (κ2) is 2.16. The number of hydrogen-bond donors (Lipinski definition) is 0. The van der Waals surface area contributed by atoms with Gasteiger partial charge in [-0.3, -0.25) is 0 Å². The van der Waals surface area contributed by atoms with Gasteiger partial charge in [0.25, 0.3) is 0 Å². The Balaban J connectivity index is 3.57. The molecule has 0 aromatic carbocycles. The van der Waals surface area contributed by atoms with Gasteiger partial charge in [-0.05, 0) is 0 Å². The Morgan fingerprint density at radius 3 is 2.00 bits per heavy atom. The number of hydrogen-bond acceptors (Lipinski definition) is 1. The van der Waals surface area contributed by atoms with E-state index in [4.69, 9.17) is 0 Å². The zero-order valence-corrected chi connectivity index (χ0v) is 5.24. The van der Waals surface area contributed by atoms with Gasteiger partial charge in [-0.15, -0.1) is 0 Å². The Hall–Kier alpha value is -0.0705. The molecule has 0 saturated carbocycles. The van der Waals surface area contributed by atoms with Gasteiger partial charge in [0.2, 0.25) is 0 Å². The predicted octanol–water partition coefficient (Wildman–Crippen LogP) is 0.258. The maximum absolute atomic E-state index is 9.99. The van der Waals surface area contributed by atoms with E-state index < -0.39 is 0 Å². The molecule has 0 atom stereocenters. The van der Waals surface area contributed by atoms with Gasteiger partial charge in [-0.25, -0.2) is 0 Å². The average molecular weight is 148 g/mol. The third-order valence-electron chi connectivity index (χ3n) is 0.348.